The van der Waals surface area contributed by atoms with Gasteiger partial charge in [0.2, 0.25) is 0 Å². The van der Waals surface area contributed by atoms with Gasteiger partial charge in [-0.25, -0.2) is 13.2 Å². The summed E-state index contributed by atoms with van der Waals surface area (Å²) < 4.78 is 39.3. The van der Waals surface area contributed by atoms with Gasteiger partial charge in [0, 0.05) is 11.6 Å². The van der Waals surface area contributed by atoms with Gasteiger partial charge in [-0.3, -0.25) is 4.98 Å². The molecule has 0 saturated heterocycles. The molecule has 0 bridgehead atoms. The highest BCUT2D eigenvalue weighted by molar-refractivity contribution is 5.63. The molecular formula is C12H9F3N2. The molecule has 2 nitrogen and oxygen atoms in total. The summed E-state index contributed by atoms with van der Waals surface area (Å²) in [6.45, 7) is 1.72. The zero-order valence-electron chi connectivity index (χ0n) is 8.97. The fraction of sp³-hybridized carbons (Fsp3) is 0.0833. The molecule has 2 rings (SSSR count). The Bertz CT molecular complexity index is 582. The SMILES string of the molecule is Cc1cc(-c2cc(F)c(F)cc2F)ncc1N. The third-order valence-corrected chi connectivity index (χ3v) is 2.44. The zero-order valence-corrected chi connectivity index (χ0v) is 8.97. The van der Waals surface area contributed by atoms with Crippen LogP contribution in [0.4, 0.5) is 18.9 Å². The fourth-order valence-electron chi connectivity index (χ4n) is 1.43. The number of nitrogen functional groups attached to an aromatic ring is 1. The normalized spacial score (nSPS) is 10.6. The number of aryl methyl sites for hydroxylation is 1. The summed E-state index contributed by atoms with van der Waals surface area (Å²) in [6, 6.07) is 2.80. The average Bonchev–Trinajstić information content (AvgIpc) is 2.27. The summed E-state index contributed by atoms with van der Waals surface area (Å²) in [7, 11) is 0. The van der Waals surface area contributed by atoms with Crippen molar-refractivity contribution >= 4 is 5.69 Å². The number of rotatable bonds is 1. The molecule has 0 atom stereocenters. The number of benzene rings is 1. The van der Waals surface area contributed by atoms with E-state index in [4.69, 9.17) is 5.73 Å². The molecule has 2 N–H and O–H groups in total. The van der Waals surface area contributed by atoms with Crippen LogP contribution in [-0.4, -0.2) is 4.98 Å². The van der Waals surface area contributed by atoms with E-state index in [2.05, 4.69) is 4.98 Å². The predicted octanol–water partition coefficient (Wildman–Crippen LogP) is 3.06. The van der Waals surface area contributed by atoms with Crippen molar-refractivity contribution in [1.29, 1.82) is 0 Å². The molecule has 0 amide bonds. The quantitative estimate of drug-likeness (QED) is 0.775. The Morgan fingerprint density at radius 1 is 1.00 bits per heavy atom. The molecule has 0 radical (unpaired) electrons. The van der Waals surface area contributed by atoms with Crippen LogP contribution >= 0.6 is 0 Å². The van der Waals surface area contributed by atoms with Gasteiger partial charge in [0.15, 0.2) is 11.6 Å². The van der Waals surface area contributed by atoms with Gasteiger partial charge >= 0.3 is 0 Å². The maximum Gasteiger partial charge on any atom is 0.161 e. The minimum atomic E-state index is -1.22. The second kappa shape index (κ2) is 4.08. The number of aromatic nitrogens is 1. The van der Waals surface area contributed by atoms with Gasteiger partial charge in [-0.2, -0.15) is 0 Å². The highest BCUT2D eigenvalue weighted by Crippen LogP contribution is 2.25. The molecule has 0 aliphatic heterocycles. The average molecular weight is 238 g/mol. The minimum Gasteiger partial charge on any atom is -0.397 e. The molecule has 0 spiro atoms. The van der Waals surface area contributed by atoms with Crippen LogP contribution in [0, 0.1) is 24.4 Å². The second-order valence-corrected chi connectivity index (χ2v) is 3.67. The molecule has 0 unspecified atom stereocenters. The Kier molecular flexibility index (Phi) is 2.75. The number of pyridine rings is 1. The first-order valence-corrected chi connectivity index (χ1v) is 4.86. The van der Waals surface area contributed by atoms with Crippen molar-refractivity contribution in [3.05, 3.63) is 47.4 Å². The van der Waals surface area contributed by atoms with E-state index in [0.29, 0.717) is 17.3 Å². The van der Waals surface area contributed by atoms with Crippen LogP contribution < -0.4 is 5.73 Å². The fourth-order valence-corrected chi connectivity index (χ4v) is 1.43. The van der Waals surface area contributed by atoms with E-state index in [9.17, 15) is 13.2 Å². The maximum absolute atomic E-state index is 13.5. The molecule has 2 aromatic rings. The molecule has 5 heteroatoms. The van der Waals surface area contributed by atoms with E-state index in [1.165, 1.54) is 12.3 Å². The number of hydrogen-bond donors (Lipinski definition) is 1. The molecule has 1 heterocycles. The van der Waals surface area contributed by atoms with Crippen molar-refractivity contribution in [3.8, 4) is 11.3 Å². The minimum absolute atomic E-state index is 0.0907. The van der Waals surface area contributed by atoms with Crippen LogP contribution in [0.5, 0.6) is 0 Å². The molecule has 1 aromatic carbocycles. The van der Waals surface area contributed by atoms with Crippen LogP contribution in [-0.2, 0) is 0 Å². The third kappa shape index (κ3) is 2.08. The molecule has 0 aliphatic rings. The third-order valence-electron chi connectivity index (χ3n) is 2.44. The van der Waals surface area contributed by atoms with Crippen molar-refractivity contribution < 1.29 is 13.2 Å². The molecule has 17 heavy (non-hydrogen) atoms. The largest absolute Gasteiger partial charge is 0.397 e. The van der Waals surface area contributed by atoms with Gasteiger partial charge in [-0.05, 0) is 24.6 Å². The van der Waals surface area contributed by atoms with Gasteiger partial charge in [-0.1, -0.05) is 0 Å². The lowest BCUT2D eigenvalue weighted by Crippen LogP contribution is -1.96. The molecule has 0 fully saturated rings. The second-order valence-electron chi connectivity index (χ2n) is 3.67. The van der Waals surface area contributed by atoms with Gasteiger partial charge in [0.05, 0.1) is 17.6 Å². The van der Waals surface area contributed by atoms with Crippen molar-refractivity contribution in [1.82, 2.24) is 4.98 Å². The summed E-state index contributed by atoms with van der Waals surface area (Å²) in [5.41, 5.74) is 6.84. The Morgan fingerprint density at radius 3 is 2.29 bits per heavy atom. The monoisotopic (exact) mass is 238 g/mol. The van der Waals surface area contributed by atoms with E-state index in [0.717, 1.165) is 6.07 Å². The van der Waals surface area contributed by atoms with E-state index in [1.54, 1.807) is 6.92 Å². The van der Waals surface area contributed by atoms with Gasteiger partial charge in [0.25, 0.3) is 0 Å². The maximum atomic E-state index is 13.5. The highest BCUT2D eigenvalue weighted by atomic mass is 19.2. The Balaban J connectivity index is 2.60. The smallest absolute Gasteiger partial charge is 0.161 e. The number of nitrogens with zero attached hydrogens (tertiary/aromatic N) is 1. The number of nitrogens with two attached hydrogens (primary N) is 1. The van der Waals surface area contributed by atoms with E-state index in [1.807, 2.05) is 0 Å². The predicted molar refractivity (Wildman–Crippen MR) is 58.7 cm³/mol. The zero-order chi connectivity index (χ0) is 12.6. The van der Waals surface area contributed by atoms with E-state index < -0.39 is 17.5 Å². The number of anilines is 1. The summed E-state index contributed by atoms with van der Waals surface area (Å²) in [6.07, 6.45) is 1.35. The Morgan fingerprint density at radius 2 is 1.65 bits per heavy atom. The summed E-state index contributed by atoms with van der Waals surface area (Å²) >= 11 is 0. The lowest BCUT2D eigenvalue weighted by molar-refractivity contribution is 0.496. The summed E-state index contributed by atoms with van der Waals surface area (Å²) in [5.74, 6) is -3.20. The first-order chi connectivity index (χ1) is 7.99. The van der Waals surface area contributed by atoms with Crippen LogP contribution in [0.3, 0.4) is 0 Å². The van der Waals surface area contributed by atoms with Gasteiger partial charge in [-0.15, -0.1) is 0 Å². The number of hydrogen-bond acceptors (Lipinski definition) is 2. The van der Waals surface area contributed by atoms with Crippen molar-refractivity contribution in [3.63, 3.8) is 0 Å². The molecule has 0 saturated carbocycles. The Labute approximate surface area is 95.9 Å². The van der Waals surface area contributed by atoms with Gasteiger partial charge in [0.1, 0.15) is 5.82 Å². The Hall–Kier alpha value is -2.04. The lowest BCUT2D eigenvalue weighted by Gasteiger charge is -2.06. The first-order valence-electron chi connectivity index (χ1n) is 4.86. The summed E-state index contributed by atoms with van der Waals surface area (Å²) in [4.78, 5) is 3.89. The number of halogens is 3. The van der Waals surface area contributed by atoms with E-state index in [-0.39, 0.29) is 11.3 Å². The topological polar surface area (TPSA) is 38.9 Å². The first kappa shape index (κ1) is 11.4. The van der Waals surface area contributed by atoms with Crippen LogP contribution in [0.25, 0.3) is 11.3 Å². The van der Waals surface area contributed by atoms with Crippen LogP contribution in [0.15, 0.2) is 24.4 Å². The lowest BCUT2D eigenvalue weighted by atomic mass is 10.1. The van der Waals surface area contributed by atoms with Gasteiger partial charge < -0.3 is 5.73 Å². The van der Waals surface area contributed by atoms with Crippen molar-refractivity contribution in [2.24, 2.45) is 0 Å². The van der Waals surface area contributed by atoms with Crippen molar-refractivity contribution in [2.45, 2.75) is 6.92 Å². The molecule has 1 aromatic heterocycles. The standard InChI is InChI=1S/C12H9F3N2/c1-6-2-12(17-5-11(6)16)7-3-9(14)10(15)4-8(7)13/h2-5H,16H2,1H3. The van der Waals surface area contributed by atoms with E-state index >= 15 is 0 Å². The molecule has 0 aliphatic carbocycles. The molecule has 88 valence electrons. The summed E-state index contributed by atoms with van der Waals surface area (Å²) in [5, 5.41) is 0. The highest BCUT2D eigenvalue weighted by Gasteiger charge is 2.12. The molecular weight excluding hydrogens is 229 g/mol. The van der Waals surface area contributed by atoms with Crippen LogP contribution in [0.2, 0.25) is 0 Å². The van der Waals surface area contributed by atoms with Crippen molar-refractivity contribution in [2.75, 3.05) is 5.73 Å². The van der Waals surface area contributed by atoms with Crippen LogP contribution in [0.1, 0.15) is 5.56 Å².